The van der Waals surface area contributed by atoms with E-state index >= 15 is 0 Å². The van der Waals surface area contributed by atoms with Crippen molar-refractivity contribution in [3.05, 3.63) is 18.0 Å². The van der Waals surface area contributed by atoms with Crippen LogP contribution >= 0.6 is 0 Å². The smallest absolute Gasteiger partial charge is 0.193 e. The van der Waals surface area contributed by atoms with E-state index < -0.39 is 0 Å². The Morgan fingerprint density at radius 2 is 2.07 bits per heavy atom. The zero-order valence-electron chi connectivity index (χ0n) is 18.3. The molecule has 0 saturated carbocycles. The van der Waals surface area contributed by atoms with Gasteiger partial charge < -0.3 is 15.0 Å². The number of hydrogen-bond acceptors (Lipinski definition) is 4. The highest BCUT2D eigenvalue weighted by Crippen LogP contribution is 2.23. The molecule has 1 N–H and O–H groups in total. The lowest BCUT2D eigenvalue weighted by Gasteiger charge is -2.40. The summed E-state index contributed by atoms with van der Waals surface area (Å²) < 4.78 is 7.82. The third-order valence-corrected chi connectivity index (χ3v) is 6.20. The predicted molar refractivity (Wildman–Crippen MR) is 113 cm³/mol. The monoisotopic (exact) mass is 390 g/mol. The maximum absolute atomic E-state index is 5.99. The molecule has 7 heteroatoms. The summed E-state index contributed by atoms with van der Waals surface area (Å²) in [6, 6.07) is 0.541. The molecule has 3 heterocycles. The molecule has 2 aliphatic heterocycles. The Morgan fingerprint density at radius 1 is 1.32 bits per heavy atom. The normalized spacial score (nSPS) is 24.0. The Labute approximate surface area is 170 Å². The van der Waals surface area contributed by atoms with Crippen LogP contribution in [0.2, 0.25) is 0 Å². The van der Waals surface area contributed by atoms with E-state index in [0.29, 0.717) is 18.6 Å². The summed E-state index contributed by atoms with van der Waals surface area (Å²) in [4.78, 5) is 9.56. The maximum atomic E-state index is 5.99. The second-order valence-electron chi connectivity index (χ2n) is 8.71. The molecule has 1 aromatic rings. The van der Waals surface area contributed by atoms with Gasteiger partial charge in [-0.3, -0.25) is 14.6 Å². The first-order valence-electron chi connectivity index (χ1n) is 10.8. The van der Waals surface area contributed by atoms with Gasteiger partial charge in [-0.05, 0) is 37.8 Å². The van der Waals surface area contributed by atoms with Gasteiger partial charge in [-0.15, -0.1) is 0 Å². The summed E-state index contributed by atoms with van der Waals surface area (Å²) in [6.45, 7) is 12.8. The molecule has 0 radical (unpaired) electrons. The lowest BCUT2D eigenvalue weighted by atomic mass is 9.94. The maximum Gasteiger partial charge on any atom is 0.193 e. The topological polar surface area (TPSA) is 57.9 Å². The number of likely N-dealkylation sites (tertiary alicyclic amines) is 1. The molecule has 0 spiro atoms. The summed E-state index contributed by atoms with van der Waals surface area (Å²) >= 11 is 0. The van der Waals surface area contributed by atoms with E-state index in [1.54, 1.807) is 0 Å². The molecule has 0 aliphatic carbocycles. The molecule has 2 fully saturated rings. The average Bonchev–Trinajstić information content (AvgIpc) is 3.13. The van der Waals surface area contributed by atoms with E-state index in [1.807, 2.05) is 31.2 Å². The first-order valence-corrected chi connectivity index (χ1v) is 10.8. The minimum absolute atomic E-state index is 0.0467. The standard InChI is InChI=1S/C21H38N6O/c1-16(2)19(26-8-6-17(3)7-9-26)13-23-21(22-4)27-10-11-28-20(15-27)18-12-24-25(5)14-18/h12,14,16-17,19-20H,6-11,13,15H2,1-5H3,(H,22,23). The third-order valence-electron chi connectivity index (χ3n) is 6.20. The molecule has 0 aromatic carbocycles. The van der Waals surface area contributed by atoms with Gasteiger partial charge in [-0.25, -0.2) is 0 Å². The zero-order valence-corrected chi connectivity index (χ0v) is 18.3. The Kier molecular flexibility index (Phi) is 7.35. The molecule has 2 unspecified atom stereocenters. The Morgan fingerprint density at radius 3 is 2.68 bits per heavy atom. The quantitative estimate of drug-likeness (QED) is 0.617. The minimum atomic E-state index is 0.0467. The number of ether oxygens (including phenoxy) is 1. The summed E-state index contributed by atoms with van der Waals surface area (Å²) in [5.41, 5.74) is 1.13. The van der Waals surface area contributed by atoms with E-state index in [-0.39, 0.29) is 6.10 Å². The molecule has 7 nitrogen and oxygen atoms in total. The summed E-state index contributed by atoms with van der Waals surface area (Å²) in [5, 5.41) is 7.95. The zero-order chi connectivity index (χ0) is 20.1. The molecule has 28 heavy (non-hydrogen) atoms. The SMILES string of the molecule is CN=C(NCC(C(C)C)N1CCC(C)CC1)N1CCOC(c2cnn(C)c2)C1. The number of nitrogens with one attached hydrogen (secondary N) is 1. The number of aliphatic imine (C=N–C) groups is 1. The van der Waals surface area contributed by atoms with Crippen molar-refractivity contribution < 1.29 is 4.74 Å². The van der Waals surface area contributed by atoms with E-state index in [4.69, 9.17) is 4.74 Å². The number of nitrogens with zero attached hydrogens (tertiary/aromatic N) is 5. The first kappa shape index (κ1) is 21.1. The molecule has 3 rings (SSSR count). The van der Waals surface area contributed by atoms with Crippen molar-refractivity contribution >= 4 is 5.96 Å². The first-order chi connectivity index (χ1) is 13.5. The number of guanidine groups is 1. The number of piperidine rings is 1. The van der Waals surface area contributed by atoms with Gasteiger partial charge in [0.1, 0.15) is 6.10 Å². The van der Waals surface area contributed by atoms with Crippen LogP contribution in [0.1, 0.15) is 45.3 Å². The Balaban J connectivity index is 1.58. The van der Waals surface area contributed by atoms with Crippen LogP contribution in [0, 0.1) is 11.8 Å². The van der Waals surface area contributed by atoms with Gasteiger partial charge in [-0.1, -0.05) is 20.8 Å². The largest absolute Gasteiger partial charge is 0.370 e. The van der Waals surface area contributed by atoms with Gasteiger partial charge in [0, 0.05) is 45.0 Å². The highest BCUT2D eigenvalue weighted by molar-refractivity contribution is 5.80. The van der Waals surface area contributed by atoms with E-state index in [2.05, 4.69) is 46.0 Å². The fourth-order valence-corrected chi connectivity index (χ4v) is 4.32. The molecule has 2 atom stereocenters. The van der Waals surface area contributed by atoms with Gasteiger partial charge in [0.05, 0.1) is 19.3 Å². The Bertz CT molecular complexity index is 635. The van der Waals surface area contributed by atoms with Gasteiger partial charge in [0.2, 0.25) is 0 Å². The van der Waals surface area contributed by atoms with Crippen molar-refractivity contribution in [2.24, 2.45) is 23.9 Å². The minimum Gasteiger partial charge on any atom is -0.370 e. The molecule has 1 aromatic heterocycles. The van der Waals surface area contributed by atoms with E-state index in [1.165, 1.54) is 25.9 Å². The predicted octanol–water partition coefficient (Wildman–Crippen LogP) is 2.13. The lowest BCUT2D eigenvalue weighted by molar-refractivity contribution is -0.00824. The highest BCUT2D eigenvalue weighted by Gasteiger charge is 2.28. The highest BCUT2D eigenvalue weighted by atomic mass is 16.5. The fraction of sp³-hybridized carbons (Fsp3) is 0.810. The number of morpholine rings is 1. The number of aromatic nitrogens is 2. The van der Waals surface area contributed by atoms with E-state index in [9.17, 15) is 0 Å². The van der Waals surface area contributed by atoms with Gasteiger partial charge in [0.15, 0.2) is 5.96 Å². The van der Waals surface area contributed by atoms with Gasteiger partial charge in [-0.2, -0.15) is 5.10 Å². The second kappa shape index (κ2) is 9.74. The summed E-state index contributed by atoms with van der Waals surface area (Å²) in [6.07, 6.45) is 6.61. The second-order valence-corrected chi connectivity index (χ2v) is 8.71. The van der Waals surface area contributed by atoms with Gasteiger partial charge in [0.25, 0.3) is 0 Å². The molecule has 2 saturated heterocycles. The molecular formula is C21H38N6O. The van der Waals surface area contributed by atoms with Crippen LogP contribution in [-0.4, -0.2) is 78.0 Å². The molecule has 0 bridgehead atoms. The number of hydrogen-bond donors (Lipinski definition) is 1. The van der Waals surface area contributed by atoms with Crippen LogP contribution in [0.15, 0.2) is 17.4 Å². The van der Waals surface area contributed by atoms with Crippen LogP contribution in [0.5, 0.6) is 0 Å². The van der Waals surface area contributed by atoms with Crippen LogP contribution in [0.4, 0.5) is 0 Å². The third kappa shape index (κ3) is 5.26. The van der Waals surface area contributed by atoms with Crippen molar-refractivity contribution in [3.63, 3.8) is 0 Å². The summed E-state index contributed by atoms with van der Waals surface area (Å²) in [7, 11) is 3.82. The van der Waals surface area contributed by atoms with Gasteiger partial charge >= 0.3 is 0 Å². The molecule has 2 aliphatic rings. The van der Waals surface area contributed by atoms with Crippen LogP contribution in [-0.2, 0) is 11.8 Å². The van der Waals surface area contributed by atoms with Crippen LogP contribution in [0.25, 0.3) is 0 Å². The van der Waals surface area contributed by atoms with Crippen molar-refractivity contribution in [3.8, 4) is 0 Å². The molecule has 0 amide bonds. The van der Waals surface area contributed by atoms with Crippen LogP contribution in [0.3, 0.4) is 0 Å². The Hall–Kier alpha value is -1.60. The average molecular weight is 391 g/mol. The molecule has 158 valence electrons. The number of aryl methyl sites for hydroxylation is 1. The van der Waals surface area contributed by atoms with E-state index in [0.717, 1.165) is 37.1 Å². The number of rotatable bonds is 5. The van der Waals surface area contributed by atoms with Crippen molar-refractivity contribution in [2.75, 3.05) is 46.4 Å². The lowest BCUT2D eigenvalue weighted by Crippen LogP contribution is -2.54. The molecular weight excluding hydrogens is 352 g/mol. The van der Waals surface area contributed by atoms with Crippen molar-refractivity contribution in [1.29, 1.82) is 0 Å². The summed E-state index contributed by atoms with van der Waals surface area (Å²) in [5.74, 6) is 2.46. The van der Waals surface area contributed by atoms with Crippen molar-refractivity contribution in [1.82, 2.24) is 24.9 Å². The van der Waals surface area contributed by atoms with Crippen LogP contribution < -0.4 is 5.32 Å². The fourth-order valence-electron chi connectivity index (χ4n) is 4.32. The van der Waals surface area contributed by atoms with Crippen molar-refractivity contribution in [2.45, 2.75) is 45.8 Å².